The summed E-state index contributed by atoms with van der Waals surface area (Å²) >= 11 is 0. The van der Waals surface area contributed by atoms with Crippen molar-refractivity contribution in [3.63, 3.8) is 0 Å². The Labute approximate surface area is 142 Å². The maximum atomic E-state index is 12.5. The SMILES string of the molecule is C[C@H]1C(=O)C[C@H]2[C@@H]([C@@H]1OCc1ccccc1)[C@H]1CC(=O)[C@@H]2C1(C)O. The van der Waals surface area contributed by atoms with Crippen LogP contribution in [0.4, 0.5) is 0 Å². The van der Waals surface area contributed by atoms with Gasteiger partial charge in [0.15, 0.2) is 0 Å². The van der Waals surface area contributed by atoms with Crippen LogP contribution in [0, 0.1) is 29.6 Å². The van der Waals surface area contributed by atoms with Crippen molar-refractivity contribution in [1.82, 2.24) is 0 Å². The van der Waals surface area contributed by atoms with Crippen LogP contribution in [0.5, 0.6) is 0 Å². The fraction of sp³-hybridized carbons (Fsp3) is 0.600. The molecule has 1 aromatic rings. The van der Waals surface area contributed by atoms with Gasteiger partial charge in [-0.3, -0.25) is 9.59 Å². The van der Waals surface area contributed by atoms with Gasteiger partial charge in [-0.1, -0.05) is 37.3 Å². The summed E-state index contributed by atoms with van der Waals surface area (Å²) in [6.07, 6.45) is 0.608. The van der Waals surface area contributed by atoms with Crippen LogP contribution in [0.15, 0.2) is 30.3 Å². The van der Waals surface area contributed by atoms with E-state index in [1.165, 1.54) is 0 Å². The first-order valence-corrected chi connectivity index (χ1v) is 8.84. The Bertz CT molecular complexity index is 665. The zero-order valence-electron chi connectivity index (χ0n) is 14.1. The summed E-state index contributed by atoms with van der Waals surface area (Å²) in [6.45, 7) is 4.16. The molecule has 0 spiro atoms. The third kappa shape index (κ3) is 2.20. The highest BCUT2D eigenvalue weighted by Gasteiger charge is 2.68. The van der Waals surface area contributed by atoms with E-state index in [1.807, 2.05) is 37.3 Å². The fourth-order valence-electron chi connectivity index (χ4n) is 5.51. The highest BCUT2D eigenvalue weighted by atomic mass is 16.5. The molecule has 0 aliphatic heterocycles. The quantitative estimate of drug-likeness (QED) is 0.925. The van der Waals surface area contributed by atoms with Gasteiger partial charge in [0, 0.05) is 24.7 Å². The van der Waals surface area contributed by atoms with Gasteiger partial charge in [0.25, 0.3) is 0 Å². The smallest absolute Gasteiger partial charge is 0.139 e. The lowest BCUT2D eigenvalue weighted by Crippen LogP contribution is -2.48. The lowest BCUT2D eigenvalue weighted by Gasteiger charge is -2.42. The van der Waals surface area contributed by atoms with E-state index in [-0.39, 0.29) is 41.3 Å². The largest absolute Gasteiger partial charge is 0.389 e. The summed E-state index contributed by atoms with van der Waals surface area (Å²) in [5.74, 6) is -0.348. The molecule has 1 N–H and O–H groups in total. The maximum absolute atomic E-state index is 12.5. The number of hydrogen-bond donors (Lipinski definition) is 1. The molecule has 7 atom stereocenters. The van der Waals surface area contributed by atoms with E-state index in [0.717, 1.165) is 5.56 Å². The van der Waals surface area contributed by atoms with Gasteiger partial charge in [-0.15, -0.1) is 0 Å². The van der Waals surface area contributed by atoms with E-state index in [1.54, 1.807) is 6.92 Å². The molecule has 3 fully saturated rings. The number of carbonyl (C=O) groups excluding carboxylic acids is 2. The molecule has 0 aromatic heterocycles. The Morgan fingerprint density at radius 3 is 2.58 bits per heavy atom. The Morgan fingerprint density at radius 2 is 1.88 bits per heavy atom. The third-order valence-corrected chi connectivity index (χ3v) is 6.64. The van der Waals surface area contributed by atoms with E-state index in [0.29, 0.717) is 19.4 Å². The first-order chi connectivity index (χ1) is 11.4. The predicted octanol–water partition coefficient (Wildman–Crippen LogP) is 2.38. The maximum Gasteiger partial charge on any atom is 0.139 e. The molecular formula is C20H24O4. The summed E-state index contributed by atoms with van der Waals surface area (Å²) in [5.41, 5.74) is 0.0794. The minimum Gasteiger partial charge on any atom is -0.389 e. The van der Waals surface area contributed by atoms with Crippen LogP contribution in [0.25, 0.3) is 0 Å². The number of aliphatic hydroxyl groups is 1. The van der Waals surface area contributed by atoms with Gasteiger partial charge in [-0.25, -0.2) is 0 Å². The Kier molecular flexibility index (Phi) is 3.66. The monoisotopic (exact) mass is 328 g/mol. The number of benzene rings is 1. The average Bonchev–Trinajstić information content (AvgIpc) is 2.90. The van der Waals surface area contributed by atoms with E-state index in [4.69, 9.17) is 4.74 Å². The molecular weight excluding hydrogens is 304 g/mol. The first kappa shape index (κ1) is 16.0. The highest BCUT2D eigenvalue weighted by molar-refractivity contribution is 5.90. The highest BCUT2D eigenvalue weighted by Crippen LogP contribution is 2.61. The van der Waals surface area contributed by atoms with Gasteiger partial charge in [-0.2, -0.15) is 0 Å². The number of rotatable bonds is 3. The lowest BCUT2D eigenvalue weighted by atomic mass is 9.65. The van der Waals surface area contributed by atoms with Crippen molar-refractivity contribution in [2.75, 3.05) is 0 Å². The average molecular weight is 328 g/mol. The van der Waals surface area contributed by atoms with E-state index in [9.17, 15) is 14.7 Å². The number of Topliss-reactive ketones (excluding diaryl/α,β-unsaturated/α-hetero) is 2. The lowest BCUT2D eigenvalue weighted by molar-refractivity contribution is -0.147. The van der Waals surface area contributed by atoms with Gasteiger partial charge in [0.1, 0.15) is 11.6 Å². The zero-order chi connectivity index (χ0) is 17.1. The number of ether oxygens (including phenoxy) is 1. The summed E-state index contributed by atoms with van der Waals surface area (Å²) in [6, 6.07) is 9.92. The second kappa shape index (κ2) is 5.50. The molecule has 128 valence electrons. The van der Waals surface area contributed by atoms with Gasteiger partial charge in [0.2, 0.25) is 0 Å². The van der Waals surface area contributed by atoms with E-state index < -0.39 is 11.5 Å². The molecule has 4 heteroatoms. The molecule has 4 rings (SSSR count). The number of ketones is 2. The molecule has 2 bridgehead atoms. The zero-order valence-corrected chi connectivity index (χ0v) is 14.1. The molecule has 0 heterocycles. The second-order valence-corrected chi connectivity index (χ2v) is 7.94. The van der Waals surface area contributed by atoms with Gasteiger partial charge in [0.05, 0.1) is 24.2 Å². The Hall–Kier alpha value is -1.52. The topological polar surface area (TPSA) is 63.6 Å². The molecule has 0 radical (unpaired) electrons. The summed E-state index contributed by atoms with van der Waals surface area (Å²) in [5, 5.41) is 10.9. The molecule has 0 amide bonds. The molecule has 3 aliphatic rings. The summed E-state index contributed by atoms with van der Waals surface area (Å²) in [7, 11) is 0. The minimum atomic E-state index is -0.995. The summed E-state index contributed by atoms with van der Waals surface area (Å²) < 4.78 is 6.20. The van der Waals surface area contributed by atoms with Crippen molar-refractivity contribution in [1.29, 1.82) is 0 Å². The standard InChI is InChI=1S/C20H24O4/c1-11-15(21)8-13-17(14-9-16(22)18(13)20(14,2)23)19(11)24-10-12-6-4-3-5-7-12/h3-7,11,13-14,17-19,23H,8-10H2,1-2H3/t11-,13-,14+,17+,18+,19+,20?/m0/s1. The van der Waals surface area contributed by atoms with Crippen LogP contribution in [0.3, 0.4) is 0 Å². The van der Waals surface area contributed by atoms with Crippen LogP contribution in [-0.4, -0.2) is 28.4 Å². The number of fused-ring (bicyclic) bond motifs is 5. The number of hydrogen-bond acceptors (Lipinski definition) is 4. The van der Waals surface area contributed by atoms with Crippen molar-refractivity contribution in [3.8, 4) is 0 Å². The van der Waals surface area contributed by atoms with Gasteiger partial charge in [-0.05, 0) is 24.3 Å². The molecule has 0 saturated heterocycles. The van der Waals surface area contributed by atoms with E-state index >= 15 is 0 Å². The molecule has 4 nitrogen and oxygen atoms in total. The van der Waals surface area contributed by atoms with Crippen LogP contribution >= 0.6 is 0 Å². The van der Waals surface area contributed by atoms with Crippen LogP contribution in [0.2, 0.25) is 0 Å². The van der Waals surface area contributed by atoms with Crippen molar-refractivity contribution in [3.05, 3.63) is 35.9 Å². The van der Waals surface area contributed by atoms with Crippen molar-refractivity contribution >= 4 is 11.6 Å². The van der Waals surface area contributed by atoms with E-state index in [2.05, 4.69) is 0 Å². The Balaban J connectivity index is 1.61. The third-order valence-electron chi connectivity index (χ3n) is 6.64. The fourth-order valence-corrected chi connectivity index (χ4v) is 5.51. The molecule has 1 unspecified atom stereocenters. The molecule has 24 heavy (non-hydrogen) atoms. The van der Waals surface area contributed by atoms with Crippen LogP contribution in [-0.2, 0) is 20.9 Å². The van der Waals surface area contributed by atoms with Crippen molar-refractivity contribution in [2.45, 2.75) is 45.0 Å². The molecule has 3 saturated carbocycles. The molecule has 1 aromatic carbocycles. The first-order valence-electron chi connectivity index (χ1n) is 8.84. The van der Waals surface area contributed by atoms with Gasteiger partial charge < -0.3 is 9.84 Å². The normalized spacial score (nSPS) is 44.0. The molecule has 3 aliphatic carbocycles. The minimum absolute atomic E-state index is 0.0595. The van der Waals surface area contributed by atoms with Crippen LogP contribution in [0.1, 0.15) is 32.3 Å². The Morgan fingerprint density at radius 1 is 1.17 bits per heavy atom. The number of carbonyl (C=O) groups is 2. The summed E-state index contributed by atoms with van der Waals surface area (Å²) in [4.78, 5) is 24.7. The second-order valence-electron chi connectivity index (χ2n) is 7.94. The van der Waals surface area contributed by atoms with Gasteiger partial charge >= 0.3 is 0 Å². The van der Waals surface area contributed by atoms with Crippen LogP contribution < -0.4 is 0 Å². The predicted molar refractivity (Wildman–Crippen MR) is 88.0 cm³/mol. The van der Waals surface area contributed by atoms with Crippen molar-refractivity contribution in [2.24, 2.45) is 29.6 Å². The van der Waals surface area contributed by atoms with Crippen molar-refractivity contribution < 1.29 is 19.4 Å².